The molecule has 0 spiro atoms. The molecule has 3 heterocycles. The molecule has 1 N–H and O–H groups in total. The highest BCUT2D eigenvalue weighted by Gasteiger charge is 2.40. The van der Waals surface area contributed by atoms with Crippen LogP contribution in [0, 0.1) is 5.92 Å². The summed E-state index contributed by atoms with van der Waals surface area (Å²) in [6, 6.07) is 16.8. The lowest BCUT2D eigenvalue weighted by Gasteiger charge is -2.32. The van der Waals surface area contributed by atoms with Crippen LogP contribution in [0.25, 0.3) is 0 Å². The topological polar surface area (TPSA) is 61.9 Å². The molecule has 0 aliphatic carbocycles. The smallest absolute Gasteiger partial charge is 0.321 e. The predicted octanol–water partition coefficient (Wildman–Crippen LogP) is 3.56. The molecule has 3 fully saturated rings. The highest BCUT2D eigenvalue weighted by atomic mass is 16.5. The number of carbonyl (C=O) groups is 2. The molecule has 2 atom stereocenters. The Morgan fingerprint density at radius 3 is 2.44 bits per heavy atom. The van der Waals surface area contributed by atoms with Crippen LogP contribution in [0.2, 0.25) is 0 Å². The van der Waals surface area contributed by atoms with Gasteiger partial charge >= 0.3 is 6.03 Å². The second-order valence-electron chi connectivity index (χ2n) is 7.15. The maximum Gasteiger partial charge on any atom is 0.321 e. The van der Waals surface area contributed by atoms with E-state index in [-0.39, 0.29) is 23.9 Å². The fraction of sp³-hybridized carbons (Fsp3) is 0.333. The first-order valence-electron chi connectivity index (χ1n) is 9.26. The van der Waals surface area contributed by atoms with Gasteiger partial charge in [0.1, 0.15) is 11.5 Å². The van der Waals surface area contributed by atoms with Gasteiger partial charge in [-0.3, -0.25) is 4.79 Å². The number of para-hydroxylation sites is 1. The molecule has 140 valence electrons. The van der Waals surface area contributed by atoms with Crippen molar-refractivity contribution in [1.82, 2.24) is 9.80 Å². The number of nitrogens with zero attached hydrogens (tertiary/aromatic N) is 2. The Morgan fingerprint density at radius 1 is 1.00 bits per heavy atom. The SMILES string of the molecule is CN1C(=O)[C@@H]2CC[C@H]1CN(C(=O)Nc1ccc(Oc3ccccc3)cc1)C2. The van der Waals surface area contributed by atoms with Gasteiger partial charge in [0.2, 0.25) is 5.91 Å². The van der Waals surface area contributed by atoms with Crippen LogP contribution in [0.15, 0.2) is 54.6 Å². The number of hydrogen-bond acceptors (Lipinski definition) is 3. The molecule has 2 aromatic carbocycles. The normalized spacial score (nSPS) is 21.7. The van der Waals surface area contributed by atoms with Gasteiger partial charge in [0, 0.05) is 31.9 Å². The fourth-order valence-corrected chi connectivity index (χ4v) is 3.76. The van der Waals surface area contributed by atoms with Crippen LogP contribution in [0.3, 0.4) is 0 Å². The Hall–Kier alpha value is -3.02. The minimum atomic E-state index is -0.160. The van der Waals surface area contributed by atoms with Crippen LogP contribution < -0.4 is 10.1 Å². The molecular formula is C21H23N3O3. The number of urea groups is 1. The zero-order chi connectivity index (χ0) is 18.8. The summed E-state index contributed by atoms with van der Waals surface area (Å²) in [6.07, 6.45) is 1.82. The van der Waals surface area contributed by atoms with Gasteiger partial charge in [-0.1, -0.05) is 18.2 Å². The Morgan fingerprint density at radius 2 is 1.70 bits per heavy atom. The lowest BCUT2D eigenvalue weighted by atomic mass is 9.95. The standard InChI is InChI=1S/C21H23N3O3/c1-23-17-10-7-15(20(23)25)13-24(14-17)21(26)22-16-8-11-19(12-9-16)27-18-5-3-2-4-6-18/h2-6,8-9,11-12,15,17H,7,10,13-14H2,1H3,(H,22,26)/t15-,17+/m1/s1. The van der Waals surface area contributed by atoms with Crippen LogP contribution in [0.4, 0.5) is 10.5 Å². The molecule has 3 amide bonds. The van der Waals surface area contributed by atoms with Gasteiger partial charge in [-0.2, -0.15) is 0 Å². The van der Waals surface area contributed by atoms with Crippen molar-refractivity contribution in [2.24, 2.45) is 5.92 Å². The van der Waals surface area contributed by atoms with Crippen molar-refractivity contribution in [1.29, 1.82) is 0 Å². The Kier molecular flexibility index (Phi) is 4.71. The number of piperidine rings is 1. The molecule has 2 aromatic rings. The van der Waals surface area contributed by atoms with Crippen molar-refractivity contribution in [2.45, 2.75) is 18.9 Å². The van der Waals surface area contributed by atoms with E-state index in [9.17, 15) is 9.59 Å². The quantitative estimate of drug-likeness (QED) is 0.905. The van der Waals surface area contributed by atoms with Gasteiger partial charge in [0.25, 0.3) is 0 Å². The number of fused-ring (bicyclic) bond motifs is 4. The van der Waals surface area contributed by atoms with Crippen molar-refractivity contribution >= 4 is 17.6 Å². The third-order valence-corrected chi connectivity index (χ3v) is 5.34. The minimum absolute atomic E-state index is 0.0823. The molecule has 0 unspecified atom stereocenters. The molecular weight excluding hydrogens is 342 g/mol. The second-order valence-corrected chi connectivity index (χ2v) is 7.15. The van der Waals surface area contributed by atoms with Crippen LogP contribution in [-0.4, -0.2) is 47.9 Å². The van der Waals surface area contributed by atoms with E-state index in [4.69, 9.17) is 4.74 Å². The van der Waals surface area contributed by atoms with Gasteiger partial charge in [-0.15, -0.1) is 0 Å². The summed E-state index contributed by atoms with van der Waals surface area (Å²) in [5.41, 5.74) is 0.705. The molecule has 27 heavy (non-hydrogen) atoms. The first-order chi connectivity index (χ1) is 13.1. The van der Waals surface area contributed by atoms with Crippen molar-refractivity contribution in [3.63, 3.8) is 0 Å². The summed E-state index contributed by atoms with van der Waals surface area (Å²) in [5.74, 6) is 1.55. The molecule has 6 nitrogen and oxygen atoms in total. The molecule has 3 aliphatic heterocycles. The second kappa shape index (κ2) is 7.31. The van der Waals surface area contributed by atoms with Crippen LogP contribution in [-0.2, 0) is 4.79 Å². The summed E-state index contributed by atoms with van der Waals surface area (Å²) >= 11 is 0. The first-order valence-corrected chi connectivity index (χ1v) is 9.26. The molecule has 3 aliphatic rings. The number of ether oxygens (including phenoxy) is 1. The highest BCUT2D eigenvalue weighted by molar-refractivity contribution is 5.90. The number of carbonyl (C=O) groups excluding carboxylic acids is 2. The monoisotopic (exact) mass is 365 g/mol. The summed E-state index contributed by atoms with van der Waals surface area (Å²) in [4.78, 5) is 28.5. The molecule has 3 saturated heterocycles. The fourth-order valence-electron chi connectivity index (χ4n) is 3.76. The molecule has 0 aromatic heterocycles. The van der Waals surface area contributed by atoms with Crippen molar-refractivity contribution < 1.29 is 14.3 Å². The Labute approximate surface area is 158 Å². The Balaban J connectivity index is 1.39. The van der Waals surface area contributed by atoms with Crippen LogP contribution in [0.1, 0.15) is 12.8 Å². The highest BCUT2D eigenvalue weighted by Crippen LogP contribution is 2.28. The number of benzene rings is 2. The lowest BCUT2D eigenvalue weighted by molar-refractivity contribution is -0.138. The first kappa shape index (κ1) is 17.4. The number of rotatable bonds is 3. The maximum absolute atomic E-state index is 12.7. The van der Waals surface area contributed by atoms with E-state index >= 15 is 0 Å². The van der Waals surface area contributed by atoms with Crippen molar-refractivity contribution in [2.75, 3.05) is 25.5 Å². The van der Waals surface area contributed by atoms with Gasteiger partial charge in [0.15, 0.2) is 0 Å². The number of amides is 3. The predicted molar refractivity (Wildman–Crippen MR) is 103 cm³/mol. The van der Waals surface area contributed by atoms with Crippen molar-refractivity contribution in [3.8, 4) is 11.5 Å². The maximum atomic E-state index is 12.7. The minimum Gasteiger partial charge on any atom is -0.457 e. The lowest BCUT2D eigenvalue weighted by Crippen LogP contribution is -2.45. The van der Waals surface area contributed by atoms with Crippen LogP contribution >= 0.6 is 0 Å². The van der Waals surface area contributed by atoms with Crippen molar-refractivity contribution in [3.05, 3.63) is 54.6 Å². The van der Waals surface area contributed by atoms with E-state index < -0.39 is 0 Å². The molecule has 2 bridgehead atoms. The van der Waals surface area contributed by atoms with Gasteiger partial charge in [0.05, 0.1) is 5.92 Å². The average molecular weight is 365 g/mol. The van der Waals surface area contributed by atoms with E-state index in [1.54, 1.807) is 9.80 Å². The van der Waals surface area contributed by atoms with Gasteiger partial charge in [-0.05, 0) is 49.2 Å². The summed E-state index contributed by atoms with van der Waals surface area (Å²) in [5, 5.41) is 2.93. The number of hydrogen-bond donors (Lipinski definition) is 1. The molecule has 0 radical (unpaired) electrons. The Bertz CT molecular complexity index is 822. The van der Waals surface area contributed by atoms with Crippen LogP contribution in [0.5, 0.6) is 11.5 Å². The number of nitrogens with one attached hydrogen (secondary N) is 1. The van der Waals surface area contributed by atoms with E-state index in [1.807, 2.05) is 61.6 Å². The summed E-state index contributed by atoms with van der Waals surface area (Å²) in [6.45, 7) is 1.07. The number of likely N-dealkylation sites (N-methyl/N-ethyl adjacent to an activating group) is 1. The third kappa shape index (κ3) is 3.74. The average Bonchev–Trinajstić information content (AvgIpc) is 2.97. The van der Waals surface area contributed by atoms with Gasteiger partial charge < -0.3 is 19.9 Å². The molecule has 5 rings (SSSR count). The molecule has 6 heteroatoms. The molecule has 0 saturated carbocycles. The summed E-state index contributed by atoms with van der Waals surface area (Å²) in [7, 11) is 1.84. The number of anilines is 1. The van der Waals surface area contributed by atoms with E-state index in [2.05, 4.69) is 5.32 Å². The summed E-state index contributed by atoms with van der Waals surface area (Å²) < 4.78 is 5.77. The zero-order valence-electron chi connectivity index (χ0n) is 15.3. The third-order valence-electron chi connectivity index (χ3n) is 5.34. The largest absolute Gasteiger partial charge is 0.457 e. The zero-order valence-corrected chi connectivity index (χ0v) is 15.3. The van der Waals surface area contributed by atoms with Gasteiger partial charge in [-0.25, -0.2) is 4.79 Å². The van der Waals surface area contributed by atoms with E-state index in [0.29, 0.717) is 24.5 Å². The van der Waals surface area contributed by atoms with E-state index in [1.165, 1.54) is 0 Å². The van der Waals surface area contributed by atoms with E-state index in [0.717, 1.165) is 18.6 Å².